The highest BCUT2D eigenvalue weighted by Gasteiger charge is 2.32. The molecular formula is C24H24N4O5S. The van der Waals surface area contributed by atoms with E-state index in [1.54, 1.807) is 53.3 Å². The number of hydrogen-bond acceptors (Lipinski definition) is 7. The number of sulfone groups is 1. The molecule has 0 N–H and O–H groups in total. The monoisotopic (exact) mass is 480 g/mol. The lowest BCUT2D eigenvalue weighted by molar-refractivity contribution is -0.121. The van der Waals surface area contributed by atoms with Crippen molar-refractivity contribution in [3.05, 3.63) is 83.7 Å². The van der Waals surface area contributed by atoms with Gasteiger partial charge in [-0.15, -0.1) is 0 Å². The third kappa shape index (κ3) is 4.91. The highest BCUT2D eigenvalue weighted by atomic mass is 32.2. The standard InChI is InChI=1S/C24H24N4O5S/c1-17(2)23-20(14-26-28(23)21-10-6-7-12-25-21)24(30)33-15-22(29)27(18-8-4-3-5-9-18)19-11-13-34(31,32)16-19/h3-14,17,19H,15-16H2,1-2H3. The zero-order valence-electron chi connectivity index (χ0n) is 18.7. The predicted molar refractivity (Wildman–Crippen MR) is 126 cm³/mol. The van der Waals surface area contributed by atoms with E-state index in [2.05, 4.69) is 10.1 Å². The molecular weight excluding hydrogens is 456 g/mol. The number of anilines is 1. The number of nitrogens with zero attached hydrogens (tertiary/aromatic N) is 4. The van der Waals surface area contributed by atoms with E-state index < -0.39 is 34.4 Å². The number of rotatable bonds is 7. The Labute approximate surface area is 197 Å². The van der Waals surface area contributed by atoms with E-state index in [1.807, 2.05) is 19.9 Å². The molecule has 1 amide bonds. The molecule has 0 spiro atoms. The predicted octanol–water partition coefficient (Wildman–Crippen LogP) is 2.89. The molecule has 3 aromatic rings. The quantitative estimate of drug-likeness (QED) is 0.478. The van der Waals surface area contributed by atoms with Gasteiger partial charge < -0.3 is 9.64 Å². The maximum absolute atomic E-state index is 13.1. The molecule has 1 atom stereocenters. The van der Waals surface area contributed by atoms with Gasteiger partial charge in [0.2, 0.25) is 0 Å². The summed E-state index contributed by atoms with van der Waals surface area (Å²) in [4.78, 5) is 31.7. The Balaban J connectivity index is 1.54. The normalized spacial score (nSPS) is 16.5. The van der Waals surface area contributed by atoms with Crippen LogP contribution in [0.1, 0.15) is 35.8 Å². The van der Waals surface area contributed by atoms with Crippen molar-refractivity contribution in [1.82, 2.24) is 14.8 Å². The Morgan fingerprint density at radius 1 is 1.15 bits per heavy atom. The van der Waals surface area contributed by atoms with Crippen LogP contribution in [-0.4, -0.2) is 53.5 Å². The van der Waals surface area contributed by atoms with Crippen molar-refractivity contribution in [2.45, 2.75) is 25.8 Å². The van der Waals surface area contributed by atoms with Crippen LogP contribution >= 0.6 is 0 Å². The zero-order chi connectivity index (χ0) is 24.3. The minimum Gasteiger partial charge on any atom is -0.452 e. The maximum atomic E-state index is 13.1. The molecule has 1 aliphatic heterocycles. The van der Waals surface area contributed by atoms with Crippen LogP contribution in [0.3, 0.4) is 0 Å². The molecule has 10 heteroatoms. The first-order chi connectivity index (χ1) is 16.3. The number of aromatic nitrogens is 3. The van der Waals surface area contributed by atoms with Crippen LogP contribution in [0.4, 0.5) is 5.69 Å². The lowest BCUT2D eigenvalue weighted by Crippen LogP contribution is -2.43. The summed E-state index contributed by atoms with van der Waals surface area (Å²) in [6.07, 6.45) is 4.50. The van der Waals surface area contributed by atoms with Crippen molar-refractivity contribution < 1.29 is 22.7 Å². The second-order valence-electron chi connectivity index (χ2n) is 8.10. The average Bonchev–Trinajstić information content (AvgIpc) is 3.42. The van der Waals surface area contributed by atoms with Gasteiger partial charge in [0.05, 0.1) is 23.7 Å². The molecule has 0 fully saturated rings. The number of benzene rings is 1. The SMILES string of the molecule is CC(C)c1c(C(=O)OCC(=O)N(c2ccccc2)C2C=CS(=O)(=O)C2)cnn1-c1ccccn1. The van der Waals surface area contributed by atoms with E-state index in [9.17, 15) is 18.0 Å². The topological polar surface area (TPSA) is 111 Å². The smallest absolute Gasteiger partial charge is 0.342 e. The molecule has 1 aromatic carbocycles. The number of pyridine rings is 1. The number of hydrogen-bond donors (Lipinski definition) is 0. The largest absolute Gasteiger partial charge is 0.452 e. The van der Waals surface area contributed by atoms with Crippen molar-refractivity contribution in [3.8, 4) is 5.82 Å². The van der Waals surface area contributed by atoms with Crippen molar-refractivity contribution >= 4 is 27.4 Å². The van der Waals surface area contributed by atoms with Crippen LogP contribution in [0.2, 0.25) is 0 Å². The molecule has 9 nitrogen and oxygen atoms in total. The molecule has 0 bridgehead atoms. The van der Waals surface area contributed by atoms with E-state index >= 15 is 0 Å². The highest BCUT2D eigenvalue weighted by molar-refractivity contribution is 7.94. The fourth-order valence-corrected chi connectivity index (χ4v) is 5.10. The summed E-state index contributed by atoms with van der Waals surface area (Å²) < 4.78 is 30.8. The minimum absolute atomic E-state index is 0.0718. The molecule has 1 aliphatic rings. The summed E-state index contributed by atoms with van der Waals surface area (Å²) >= 11 is 0. The van der Waals surface area contributed by atoms with Crippen molar-refractivity contribution in [2.24, 2.45) is 0 Å². The van der Waals surface area contributed by atoms with Gasteiger partial charge in [0.1, 0.15) is 5.56 Å². The van der Waals surface area contributed by atoms with Crippen LogP contribution in [0.5, 0.6) is 0 Å². The van der Waals surface area contributed by atoms with Crippen LogP contribution in [0.25, 0.3) is 5.82 Å². The van der Waals surface area contributed by atoms with Gasteiger partial charge >= 0.3 is 5.97 Å². The third-order valence-corrected chi connectivity index (χ3v) is 6.69. The Morgan fingerprint density at radius 2 is 1.88 bits per heavy atom. The Kier molecular flexibility index (Phi) is 6.60. The van der Waals surface area contributed by atoms with Crippen LogP contribution in [0, 0.1) is 0 Å². The van der Waals surface area contributed by atoms with Crippen LogP contribution in [0.15, 0.2) is 72.4 Å². The Hall–Kier alpha value is -3.79. The molecule has 0 saturated heterocycles. The Morgan fingerprint density at radius 3 is 2.50 bits per heavy atom. The van der Waals surface area contributed by atoms with E-state index in [0.717, 1.165) is 5.41 Å². The lowest BCUT2D eigenvalue weighted by atomic mass is 10.1. The number of amides is 1. The number of carbonyl (C=O) groups is 2. The summed E-state index contributed by atoms with van der Waals surface area (Å²) in [5.74, 6) is -0.963. The second kappa shape index (κ2) is 9.60. The third-order valence-electron chi connectivity index (χ3n) is 5.31. The van der Waals surface area contributed by atoms with Gasteiger partial charge in [-0.2, -0.15) is 5.10 Å². The van der Waals surface area contributed by atoms with Crippen molar-refractivity contribution in [2.75, 3.05) is 17.3 Å². The average molecular weight is 481 g/mol. The van der Waals surface area contributed by atoms with Gasteiger partial charge in [-0.05, 0) is 36.3 Å². The van der Waals surface area contributed by atoms with Crippen LogP contribution in [-0.2, 0) is 19.4 Å². The molecule has 0 radical (unpaired) electrons. The van der Waals surface area contributed by atoms with E-state index in [0.29, 0.717) is 17.2 Å². The first-order valence-electron chi connectivity index (χ1n) is 10.7. The zero-order valence-corrected chi connectivity index (χ0v) is 19.6. The molecule has 4 rings (SSSR count). The maximum Gasteiger partial charge on any atom is 0.342 e. The molecule has 176 valence electrons. The summed E-state index contributed by atoms with van der Waals surface area (Å²) in [5, 5.41) is 5.40. The van der Waals surface area contributed by atoms with Gasteiger partial charge in [0.25, 0.3) is 5.91 Å². The number of carbonyl (C=O) groups excluding carboxylic acids is 2. The minimum atomic E-state index is -3.39. The molecule has 0 aliphatic carbocycles. The molecule has 0 saturated carbocycles. The second-order valence-corrected chi connectivity index (χ2v) is 10.0. The lowest BCUT2D eigenvalue weighted by Gasteiger charge is -2.27. The number of para-hydroxylation sites is 1. The Bertz CT molecular complexity index is 1320. The van der Waals surface area contributed by atoms with E-state index in [4.69, 9.17) is 4.74 Å². The van der Waals surface area contributed by atoms with Gasteiger partial charge in [-0.1, -0.05) is 38.1 Å². The fourth-order valence-electron chi connectivity index (χ4n) is 3.84. The first kappa shape index (κ1) is 23.4. The number of ether oxygens (including phenoxy) is 1. The first-order valence-corrected chi connectivity index (χ1v) is 12.4. The van der Waals surface area contributed by atoms with Gasteiger partial charge in [-0.25, -0.2) is 22.9 Å². The van der Waals surface area contributed by atoms with Gasteiger partial charge in [-0.3, -0.25) is 4.79 Å². The molecule has 3 heterocycles. The van der Waals surface area contributed by atoms with Crippen molar-refractivity contribution in [3.63, 3.8) is 0 Å². The van der Waals surface area contributed by atoms with Crippen LogP contribution < -0.4 is 4.90 Å². The van der Waals surface area contributed by atoms with E-state index in [1.165, 1.54) is 17.2 Å². The van der Waals surface area contributed by atoms with Gasteiger partial charge in [0, 0.05) is 17.3 Å². The molecule has 1 unspecified atom stereocenters. The van der Waals surface area contributed by atoms with Crippen molar-refractivity contribution in [1.29, 1.82) is 0 Å². The fraction of sp³-hybridized carbons (Fsp3) is 0.250. The highest BCUT2D eigenvalue weighted by Crippen LogP contribution is 2.25. The molecule has 2 aromatic heterocycles. The van der Waals surface area contributed by atoms with Gasteiger partial charge in [0.15, 0.2) is 22.3 Å². The summed E-state index contributed by atoms with van der Waals surface area (Å²) in [5.41, 5.74) is 1.37. The van der Waals surface area contributed by atoms with E-state index in [-0.39, 0.29) is 17.2 Å². The number of esters is 1. The summed E-state index contributed by atoms with van der Waals surface area (Å²) in [7, 11) is -3.39. The summed E-state index contributed by atoms with van der Waals surface area (Å²) in [6.45, 7) is 3.29. The summed E-state index contributed by atoms with van der Waals surface area (Å²) in [6, 6.07) is 13.4. The molecule has 34 heavy (non-hydrogen) atoms.